The summed E-state index contributed by atoms with van der Waals surface area (Å²) >= 11 is 12.6. The number of hydrogen-bond donors (Lipinski definition) is 5. The summed E-state index contributed by atoms with van der Waals surface area (Å²) in [5.74, 6) is 1.26. The van der Waals surface area contributed by atoms with Gasteiger partial charge in [-0.1, -0.05) is 47.5 Å². The van der Waals surface area contributed by atoms with Crippen LogP contribution in [0.4, 0.5) is 13.6 Å². The standard InChI is InChI=1S/C22H25ClFNO7.C19H21ClFNO5/c1-3-30-22(28)31-11-17-18(24)19(26)20(27)21(32-17)12-4-7-16(23)13(8-12)9-14-5-6-15(29-2)10-25-14;1-26-13-4-3-12(22-8-13)7-11-6-10(2-5-14(11)20)19-18(25)17(24)16(21)15(9-23)27-19/h4-8,10,17-21,26-27H,3,9,11H2,1-2H3;2-6,8,15-19,23-25H,7,9H2,1H3. The molecular formula is C41H46Cl2F2N2O12. The van der Waals surface area contributed by atoms with Crippen molar-refractivity contribution < 1.29 is 67.5 Å². The Morgan fingerprint density at radius 3 is 1.56 bits per heavy atom. The molecule has 5 N–H and O–H groups in total. The van der Waals surface area contributed by atoms with E-state index in [1.807, 2.05) is 6.07 Å². The predicted molar refractivity (Wildman–Crippen MR) is 209 cm³/mol. The monoisotopic (exact) mass is 866 g/mol. The molecule has 2 aromatic heterocycles. The number of aromatic nitrogens is 2. The Bertz CT molecular complexity index is 1970. The van der Waals surface area contributed by atoms with Gasteiger partial charge in [0, 0.05) is 34.3 Å². The first-order valence-corrected chi connectivity index (χ1v) is 19.3. The fourth-order valence-electron chi connectivity index (χ4n) is 6.48. The molecule has 0 bridgehead atoms. The number of rotatable bonds is 12. The summed E-state index contributed by atoms with van der Waals surface area (Å²) in [6.45, 7) is 0.629. The van der Waals surface area contributed by atoms with Crippen LogP contribution in [0, 0.1) is 0 Å². The summed E-state index contributed by atoms with van der Waals surface area (Å²) in [6, 6.07) is 17.1. The molecule has 0 radical (unpaired) electrons. The van der Waals surface area contributed by atoms with Crippen LogP contribution in [0.15, 0.2) is 73.1 Å². The second-order valence-corrected chi connectivity index (χ2v) is 14.5. The highest BCUT2D eigenvalue weighted by atomic mass is 35.5. The Labute approximate surface area is 349 Å². The number of aliphatic hydroxyl groups is 5. The Balaban J connectivity index is 0.000000227. The van der Waals surface area contributed by atoms with Crippen LogP contribution in [0.1, 0.15) is 52.8 Å². The molecule has 0 aliphatic carbocycles. The van der Waals surface area contributed by atoms with E-state index in [9.17, 15) is 39.1 Å². The molecule has 6 rings (SSSR count). The number of aliphatic hydroxyl groups excluding tert-OH is 5. The lowest BCUT2D eigenvalue weighted by atomic mass is 9.91. The quantitative estimate of drug-likeness (QED) is 0.121. The van der Waals surface area contributed by atoms with E-state index in [2.05, 4.69) is 14.7 Å². The molecule has 59 heavy (non-hydrogen) atoms. The Morgan fingerprint density at radius 2 is 1.15 bits per heavy atom. The molecule has 320 valence electrons. The lowest BCUT2D eigenvalue weighted by Crippen LogP contribution is -2.53. The Hall–Kier alpha value is -4.23. The largest absolute Gasteiger partial charge is 0.508 e. The van der Waals surface area contributed by atoms with Crippen LogP contribution in [-0.4, -0.2) is 125 Å². The van der Waals surface area contributed by atoms with Gasteiger partial charge >= 0.3 is 6.16 Å². The summed E-state index contributed by atoms with van der Waals surface area (Å²) < 4.78 is 59.3. The SMILES string of the molecule is CCOC(=O)OCC1OC(c2ccc(Cl)c(Cc3ccc(OC)cn3)c2)C(O)C(O)C1F.COc1ccc(Cc2cc(C3OC(CO)C(F)C(O)C3O)ccc2Cl)nc1. The molecule has 10 unspecified atom stereocenters. The van der Waals surface area contributed by atoms with Crippen molar-refractivity contribution in [2.24, 2.45) is 0 Å². The fraction of sp³-hybridized carbons (Fsp3) is 0.439. The number of methoxy groups -OCH3 is 2. The average molecular weight is 868 g/mol. The molecule has 2 aromatic carbocycles. The number of alkyl halides is 2. The highest BCUT2D eigenvalue weighted by molar-refractivity contribution is 6.31. The highest BCUT2D eigenvalue weighted by Crippen LogP contribution is 2.37. The molecule has 0 saturated carbocycles. The third kappa shape index (κ3) is 11.5. The van der Waals surface area contributed by atoms with E-state index >= 15 is 0 Å². The van der Waals surface area contributed by atoms with E-state index in [1.165, 1.54) is 0 Å². The Kier molecular flexibility index (Phi) is 16.6. The third-order valence-corrected chi connectivity index (χ3v) is 10.5. The second kappa shape index (κ2) is 21.3. The minimum absolute atomic E-state index is 0.101. The summed E-state index contributed by atoms with van der Waals surface area (Å²) in [4.78, 5) is 20.0. The topological polar surface area (TPSA) is 199 Å². The number of pyridine rings is 2. The van der Waals surface area contributed by atoms with Crippen LogP contribution >= 0.6 is 23.2 Å². The maximum absolute atomic E-state index is 14.5. The molecule has 10 atom stereocenters. The van der Waals surface area contributed by atoms with Crippen LogP contribution < -0.4 is 9.47 Å². The minimum atomic E-state index is -1.95. The van der Waals surface area contributed by atoms with Gasteiger partial charge in [0.15, 0.2) is 12.3 Å². The van der Waals surface area contributed by atoms with Crippen LogP contribution in [0.5, 0.6) is 11.5 Å². The van der Waals surface area contributed by atoms with Gasteiger partial charge < -0.3 is 54.0 Å². The predicted octanol–water partition coefficient (Wildman–Crippen LogP) is 4.83. The Morgan fingerprint density at radius 1 is 0.695 bits per heavy atom. The molecule has 2 saturated heterocycles. The number of benzene rings is 2. The molecule has 4 heterocycles. The zero-order valence-corrected chi connectivity index (χ0v) is 33.7. The van der Waals surface area contributed by atoms with Crippen molar-refractivity contribution >= 4 is 29.4 Å². The average Bonchev–Trinajstić information content (AvgIpc) is 3.24. The van der Waals surface area contributed by atoms with Crippen molar-refractivity contribution in [3.8, 4) is 11.5 Å². The van der Waals surface area contributed by atoms with E-state index in [0.29, 0.717) is 51.1 Å². The van der Waals surface area contributed by atoms with E-state index in [0.717, 1.165) is 17.0 Å². The summed E-state index contributed by atoms with van der Waals surface area (Å²) in [5.41, 5.74) is 3.95. The number of halogens is 4. The molecule has 0 spiro atoms. The van der Waals surface area contributed by atoms with E-state index < -0.39 is 80.5 Å². The molecule has 2 aliphatic heterocycles. The highest BCUT2D eigenvalue weighted by Gasteiger charge is 2.47. The summed E-state index contributed by atoms with van der Waals surface area (Å²) in [5, 5.41) is 51.0. The lowest BCUT2D eigenvalue weighted by Gasteiger charge is -2.39. The van der Waals surface area contributed by atoms with Gasteiger partial charge in [-0.2, -0.15) is 0 Å². The molecule has 14 nitrogen and oxygen atoms in total. The summed E-state index contributed by atoms with van der Waals surface area (Å²) in [6.07, 6.45) is -11.7. The lowest BCUT2D eigenvalue weighted by molar-refractivity contribution is -0.215. The number of carbonyl (C=O) groups is 1. The second-order valence-electron chi connectivity index (χ2n) is 13.7. The molecule has 4 aromatic rings. The normalized spacial score (nSPS) is 26.6. The van der Waals surface area contributed by atoms with Gasteiger partial charge in [0.25, 0.3) is 0 Å². The first-order chi connectivity index (χ1) is 28.3. The number of ether oxygens (including phenoxy) is 6. The minimum Gasteiger partial charge on any atom is -0.495 e. The van der Waals surface area contributed by atoms with Gasteiger partial charge in [0.2, 0.25) is 0 Å². The maximum atomic E-state index is 14.5. The first kappa shape index (κ1) is 45.8. The van der Waals surface area contributed by atoms with Gasteiger partial charge in [-0.3, -0.25) is 9.97 Å². The number of carbonyl (C=O) groups excluding carboxylic acids is 1. The zero-order chi connectivity index (χ0) is 42.8. The summed E-state index contributed by atoms with van der Waals surface area (Å²) in [7, 11) is 3.11. The zero-order valence-electron chi connectivity index (χ0n) is 32.2. The molecule has 2 aliphatic rings. The molecule has 18 heteroatoms. The smallest absolute Gasteiger partial charge is 0.495 e. The first-order valence-electron chi connectivity index (χ1n) is 18.5. The third-order valence-electron chi connectivity index (χ3n) is 9.74. The van der Waals surface area contributed by atoms with Crippen molar-refractivity contribution in [1.29, 1.82) is 0 Å². The van der Waals surface area contributed by atoms with Gasteiger partial charge in [-0.25, -0.2) is 13.6 Å². The van der Waals surface area contributed by atoms with E-state index in [4.69, 9.17) is 46.9 Å². The van der Waals surface area contributed by atoms with Crippen molar-refractivity contribution in [1.82, 2.24) is 9.97 Å². The number of hydrogen-bond acceptors (Lipinski definition) is 14. The maximum Gasteiger partial charge on any atom is 0.508 e. The van der Waals surface area contributed by atoms with Crippen molar-refractivity contribution in [2.75, 3.05) is 34.0 Å². The van der Waals surface area contributed by atoms with Crippen LogP contribution in [0.2, 0.25) is 10.0 Å². The van der Waals surface area contributed by atoms with E-state index in [-0.39, 0.29) is 6.61 Å². The van der Waals surface area contributed by atoms with Crippen molar-refractivity contribution in [3.05, 3.63) is 117 Å². The van der Waals surface area contributed by atoms with Gasteiger partial charge in [0.1, 0.15) is 66.9 Å². The number of nitrogens with zero attached hydrogens (tertiary/aromatic N) is 2. The fourth-order valence-corrected chi connectivity index (χ4v) is 6.84. The molecule has 2 fully saturated rings. The van der Waals surface area contributed by atoms with Crippen molar-refractivity contribution in [2.45, 2.75) is 80.9 Å². The van der Waals surface area contributed by atoms with Gasteiger partial charge in [0.05, 0.1) is 39.8 Å². The van der Waals surface area contributed by atoms with Gasteiger partial charge in [-0.15, -0.1) is 0 Å². The van der Waals surface area contributed by atoms with Crippen LogP contribution in [0.25, 0.3) is 0 Å². The van der Waals surface area contributed by atoms with E-state index in [1.54, 1.807) is 88.1 Å². The molecule has 0 amide bonds. The van der Waals surface area contributed by atoms with Crippen LogP contribution in [-0.2, 0) is 31.8 Å². The van der Waals surface area contributed by atoms with Gasteiger partial charge in [-0.05, 0) is 65.6 Å². The van der Waals surface area contributed by atoms with Crippen molar-refractivity contribution in [3.63, 3.8) is 0 Å². The van der Waals surface area contributed by atoms with Crippen LogP contribution in [0.3, 0.4) is 0 Å². The molecular weight excluding hydrogens is 821 g/mol.